The lowest BCUT2D eigenvalue weighted by molar-refractivity contribution is -0.130. The molecule has 4 nitrogen and oxygen atoms in total. The fourth-order valence-corrected chi connectivity index (χ4v) is 2.81. The molecule has 0 unspecified atom stereocenters. The average molecular weight is 278 g/mol. The van der Waals surface area contributed by atoms with Gasteiger partial charge in [0, 0.05) is 7.05 Å². The lowest BCUT2D eigenvalue weighted by Crippen LogP contribution is -2.44. The van der Waals surface area contributed by atoms with Gasteiger partial charge < -0.3 is 5.32 Å². The van der Waals surface area contributed by atoms with Gasteiger partial charge in [0.2, 0.25) is 0 Å². The highest BCUT2D eigenvalue weighted by molar-refractivity contribution is 7.98. The predicted octanol–water partition coefficient (Wildman–Crippen LogP) is 2.13. The second-order valence-corrected chi connectivity index (χ2v) is 5.79. The number of hydrogen-bond donors (Lipinski definition) is 1. The van der Waals surface area contributed by atoms with E-state index in [-0.39, 0.29) is 11.9 Å². The summed E-state index contributed by atoms with van der Waals surface area (Å²) in [4.78, 5) is 25.4. The first-order chi connectivity index (χ1) is 9.01. The molecule has 1 N–H and O–H groups in total. The van der Waals surface area contributed by atoms with Gasteiger partial charge in [-0.2, -0.15) is 11.8 Å². The molecule has 0 aromatic heterocycles. The topological polar surface area (TPSA) is 49.4 Å². The number of likely N-dealkylation sites (N-methyl/N-ethyl adjacent to an activating group) is 1. The Hall–Kier alpha value is -1.49. The van der Waals surface area contributed by atoms with E-state index in [1.54, 1.807) is 11.8 Å². The van der Waals surface area contributed by atoms with Crippen LogP contribution in [0.4, 0.5) is 4.79 Å². The molecule has 1 aliphatic rings. The number of amides is 3. The third kappa shape index (κ3) is 2.34. The van der Waals surface area contributed by atoms with Crippen molar-refractivity contribution in [2.24, 2.45) is 0 Å². The Morgan fingerprint density at radius 3 is 2.37 bits per heavy atom. The van der Waals surface area contributed by atoms with E-state index < -0.39 is 5.54 Å². The van der Waals surface area contributed by atoms with Crippen LogP contribution in [0.1, 0.15) is 17.5 Å². The van der Waals surface area contributed by atoms with Crippen LogP contribution in [0.25, 0.3) is 0 Å². The standard InChI is InChI=1S/C14H18N2O2S/c1-10-4-6-11(7-5-10)14(8-9-19-3)12(17)16(2)13(18)15-14/h4-7H,8-9H2,1-3H3,(H,15,18)/t14-/m1/s1. The minimum absolute atomic E-state index is 0.171. The maximum absolute atomic E-state index is 12.5. The zero-order chi connectivity index (χ0) is 14.0. The molecule has 3 amide bonds. The number of carbonyl (C=O) groups is 2. The molecule has 1 aliphatic heterocycles. The Bertz CT molecular complexity index is 501. The monoisotopic (exact) mass is 278 g/mol. The first-order valence-electron chi connectivity index (χ1n) is 6.17. The molecule has 19 heavy (non-hydrogen) atoms. The minimum Gasteiger partial charge on any atom is -0.319 e. The molecule has 5 heteroatoms. The molecule has 1 atom stereocenters. The number of carbonyl (C=O) groups excluding carboxylic acids is 2. The second kappa shape index (κ2) is 5.25. The van der Waals surface area contributed by atoms with Crippen LogP contribution in [0.2, 0.25) is 0 Å². The summed E-state index contributed by atoms with van der Waals surface area (Å²) >= 11 is 1.67. The highest BCUT2D eigenvalue weighted by Gasteiger charge is 2.50. The van der Waals surface area contributed by atoms with E-state index >= 15 is 0 Å². The highest BCUT2D eigenvalue weighted by Crippen LogP contribution is 2.33. The van der Waals surface area contributed by atoms with Gasteiger partial charge in [0.1, 0.15) is 5.54 Å². The van der Waals surface area contributed by atoms with Gasteiger partial charge in [-0.1, -0.05) is 29.8 Å². The molecule has 1 aromatic rings. The minimum atomic E-state index is -0.900. The number of thioether (sulfide) groups is 1. The smallest absolute Gasteiger partial charge is 0.319 e. The van der Waals surface area contributed by atoms with Gasteiger partial charge in [0.25, 0.3) is 5.91 Å². The van der Waals surface area contributed by atoms with E-state index in [0.717, 1.165) is 16.9 Å². The molecule has 0 radical (unpaired) electrons. The van der Waals surface area contributed by atoms with E-state index in [1.165, 1.54) is 11.9 Å². The summed E-state index contributed by atoms with van der Waals surface area (Å²) in [7, 11) is 1.52. The van der Waals surface area contributed by atoms with Crippen LogP contribution < -0.4 is 5.32 Å². The normalized spacial score (nSPS) is 22.8. The van der Waals surface area contributed by atoms with Crippen molar-refractivity contribution in [2.75, 3.05) is 19.1 Å². The number of urea groups is 1. The molecule has 1 heterocycles. The van der Waals surface area contributed by atoms with Crippen molar-refractivity contribution in [3.8, 4) is 0 Å². The lowest BCUT2D eigenvalue weighted by Gasteiger charge is -2.27. The molecule has 1 fully saturated rings. The van der Waals surface area contributed by atoms with Gasteiger partial charge >= 0.3 is 6.03 Å². The van der Waals surface area contributed by atoms with Gasteiger partial charge in [-0.25, -0.2) is 4.79 Å². The summed E-state index contributed by atoms with van der Waals surface area (Å²) < 4.78 is 0. The molecular formula is C14H18N2O2S. The van der Waals surface area contributed by atoms with Crippen LogP contribution in [-0.2, 0) is 10.3 Å². The number of benzene rings is 1. The van der Waals surface area contributed by atoms with E-state index in [2.05, 4.69) is 5.32 Å². The van der Waals surface area contributed by atoms with Crippen molar-refractivity contribution < 1.29 is 9.59 Å². The van der Waals surface area contributed by atoms with Crippen molar-refractivity contribution in [2.45, 2.75) is 18.9 Å². The fourth-order valence-electron chi connectivity index (χ4n) is 2.30. The molecule has 102 valence electrons. The summed E-state index contributed by atoms with van der Waals surface area (Å²) in [6, 6.07) is 7.45. The molecule has 0 spiro atoms. The maximum Gasteiger partial charge on any atom is 0.325 e. The van der Waals surface area contributed by atoms with Crippen molar-refractivity contribution >= 4 is 23.7 Å². The van der Waals surface area contributed by atoms with Crippen molar-refractivity contribution in [1.82, 2.24) is 10.2 Å². The number of imide groups is 1. The number of nitrogens with zero attached hydrogens (tertiary/aromatic N) is 1. The van der Waals surface area contributed by atoms with Crippen molar-refractivity contribution in [3.63, 3.8) is 0 Å². The van der Waals surface area contributed by atoms with E-state index in [4.69, 9.17) is 0 Å². The quantitative estimate of drug-likeness (QED) is 0.858. The van der Waals surface area contributed by atoms with Gasteiger partial charge in [-0.05, 0) is 30.9 Å². The van der Waals surface area contributed by atoms with Crippen LogP contribution in [0.5, 0.6) is 0 Å². The van der Waals surface area contributed by atoms with Gasteiger partial charge in [0.05, 0.1) is 0 Å². The van der Waals surface area contributed by atoms with Crippen molar-refractivity contribution in [1.29, 1.82) is 0 Å². The van der Waals surface area contributed by atoms with Crippen LogP contribution in [0, 0.1) is 6.92 Å². The largest absolute Gasteiger partial charge is 0.325 e. The Morgan fingerprint density at radius 2 is 1.89 bits per heavy atom. The van der Waals surface area contributed by atoms with Crippen molar-refractivity contribution in [3.05, 3.63) is 35.4 Å². The molecule has 0 aliphatic carbocycles. The lowest BCUT2D eigenvalue weighted by atomic mass is 9.86. The summed E-state index contributed by atoms with van der Waals surface area (Å²) in [5.74, 6) is 0.642. The van der Waals surface area contributed by atoms with E-state index in [9.17, 15) is 9.59 Å². The molecule has 2 rings (SSSR count). The zero-order valence-corrected chi connectivity index (χ0v) is 12.2. The third-order valence-corrected chi connectivity index (χ3v) is 4.13. The Kier molecular flexibility index (Phi) is 3.85. The van der Waals surface area contributed by atoms with Crippen LogP contribution in [0.3, 0.4) is 0 Å². The number of rotatable bonds is 4. The molecular weight excluding hydrogens is 260 g/mol. The van der Waals surface area contributed by atoms with Crippen LogP contribution >= 0.6 is 11.8 Å². The molecule has 1 saturated heterocycles. The maximum atomic E-state index is 12.5. The van der Waals surface area contributed by atoms with E-state index in [0.29, 0.717) is 6.42 Å². The number of nitrogens with one attached hydrogen (secondary N) is 1. The molecule has 1 aromatic carbocycles. The molecule has 0 saturated carbocycles. The average Bonchev–Trinajstić information content (AvgIpc) is 2.63. The Balaban J connectivity index is 2.43. The zero-order valence-electron chi connectivity index (χ0n) is 11.4. The Labute approximate surface area is 117 Å². The second-order valence-electron chi connectivity index (χ2n) is 4.81. The van der Waals surface area contributed by atoms with Crippen LogP contribution in [-0.4, -0.2) is 35.9 Å². The summed E-state index contributed by atoms with van der Waals surface area (Å²) in [6.45, 7) is 2.00. The summed E-state index contributed by atoms with van der Waals surface area (Å²) in [6.07, 6.45) is 2.60. The van der Waals surface area contributed by atoms with E-state index in [1.807, 2.05) is 37.4 Å². The first-order valence-corrected chi connectivity index (χ1v) is 7.57. The predicted molar refractivity (Wildman–Crippen MR) is 77.2 cm³/mol. The summed E-state index contributed by atoms with van der Waals surface area (Å²) in [5.41, 5.74) is 1.09. The Morgan fingerprint density at radius 1 is 1.26 bits per heavy atom. The summed E-state index contributed by atoms with van der Waals surface area (Å²) in [5, 5.41) is 2.86. The third-order valence-electron chi connectivity index (χ3n) is 3.52. The van der Waals surface area contributed by atoms with Gasteiger partial charge in [-0.15, -0.1) is 0 Å². The fraction of sp³-hybridized carbons (Fsp3) is 0.429. The SMILES string of the molecule is CSCC[C@]1(c2ccc(C)cc2)NC(=O)N(C)C1=O. The number of aryl methyl sites for hydroxylation is 1. The van der Waals surface area contributed by atoms with Crippen LogP contribution in [0.15, 0.2) is 24.3 Å². The van der Waals surface area contributed by atoms with Gasteiger partial charge in [-0.3, -0.25) is 9.69 Å². The van der Waals surface area contributed by atoms with Gasteiger partial charge in [0.15, 0.2) is 0 Å². The highest BCUT2D eigenvalue weighted by atomic mass is 32.2. The number of hydrogen-bond acceptors (Lipinski definition) is 3. The molecule has 0 bridgehead atoms. The first kappa shape index (κ1) is 13.9.